The van der Waals surface area contributed by atoms with Gasteiger partial charge in [0.25, 0.3) is 0 Å². The minimum atomic E-state index is -0.248. The van der Waals surface area contributed by atoms with Crippen molar-refractivity contribution in [3.63, 3.8) is 0 Å². The highest BCUT2D eigenvalue weighted by Crippen LogP contribution is 2.20. The number of benzene rings is 1. The van der Waals surface area contributed by atoms with E-state index < -0.39 is 0 Å². The van der Waals surface area contributed by atoms with Gasteiger partial charge in [0.1, 0.15) is 0 Å². The maximum Gasteiger partial charge on any atom is 0.173 e. The lowest BCUT2D eigenvalue weighted by Gasteiger charge is -2.15. The van der Waals surface area contributed by atoms with Gasteiger partial charge in [-0.3, -0.25) is 5.10 Å². The van der Waals surface area contributed by atoms with Crippen molar-refractivity contribution < 1.29 is 9.47 Å². The molecule has 16 heavy (non-hydrogen) atoms. The second-order valence-corrected chi connectivity index (χ2v) is 3.42. The Bertz CT molecular complexity index is 451. The summed E-state index contributed by atoms with van der Waals surface area (Å²) in [6, 6.07) is 5.95. The van der Waals surface area contributed by atoms with Crippen LogP contribution >= 0.6 is 0 Å². The quantitative estimate of drug-likeness (QED) is 0.753. The Morgan fingerprint density at radius 2 is 2.19 bits per heavy atom. The molecular formula is C11H15N3O2. The van der Waals surface area contributed by atoms with E-state index in [1.165, 1.54) is 0 Å². The van der Waals surface area contributed by atoms with Crippen molar-refractivity contribution in [2.75, 3.05) is 26.1 Å². The van der Waals surface area contributed by atoms with Crippen molar-refractivity contribution in [2.45, 2.75) is 6.29 Å². The summed E-state index contributed by atoms with van der Waals surface area (Å²) in [5.41, 5.74) is 2.03. The van der Waals surface area contributed by atoms with Gasteiger partial charge in [-0.2, -0.15) is 5.10 Å². The fraction of sp³-hybridized carbons (Fsp3) is 0.364. The molecule has 0 spiro atoms. The summed E-state index contributed by atoms with van der Waals surface area (Å²) in [4.78, 5) is 0. The van der Waals surface area contributed by atoms with E-state index in [0.29, 0.717) is 6.54 Å². The van der Waals surface area contributed by atoms with Crippen molar-refractivity contribution in [1.29, 1.82) is 0 Å². The van der Waals surface area contributed by atoms with Gasteiger partial charge < -0.3 is 14.8 Å². The molecule has 1 aromatic heterocycles. The van der Waals surface area contributed by atoms with Gasteiger partial charge in [0.05, 0.1) is 18.3 Å². The summed E-state index contributed by atoms with van der Waals surface area (Å²) in [6.45, 7) is 0.595. The molecule has 0 atom stereocenters. The smallest absolute Gasteiger partial charge is 0.173 e. The molecular weight excluding hydrogens is 206 g/mol. The van der Waals surface area contributed by atoms with Crippen molar-refractivity contribution in [2.24, 2.45) is 0 Å². The highest BCUT2D eigenvalue weighted by molar-refractivity contribution is 5.90. The summed E-state index contributed by atoms with van der Waals surface area (Å²) < 4.78 is 10.2. The topological polar surface area (TPSA) is 59.2 Å². The molecule has 2 aromatic rings. The summed E-state index contributed by atoms with van der Waals surface area (Å²) in [5.74, 6) is 0. The Morgan fingerprint density at radius 1 is 1.38 bits per heavy atom. The Morgan fingerprint density at radius 3 is 2.94 bits per heavy atom. The van der Waals surface area contributed by atoms with Gasteiger partial charge in [0.15, 0.2) is 6.29 Å². The molecule has 0 saturated heterocycles. The van der Waals surface area contributed by atoms with E-state index in [1.807, 2.05) is 18.2 Å². The summed E-state index contributed by atoms with van der Waals surface area (Å²) in [6.07, 6.45) is 1.55. The van der Waals surface area contributed by atoms with Crippen LogP contribution in [0.1, 0.15) is 0 Å². The first-order valence-electron chi connectivity index (χ1n) is 5.06. The molecule has 2 N–H and O–H groups in total. The molecule has 0 aliphatic carbocycles. The van der Waals surface area contributed by atoms with Crippen molar-refractivity contribution in [1.82, 2.24) is 10.2 Å². The van der Waals surface area contributed by atoms with E-state index in [9.17, 15) is 0 Å². The van der Waals surface area contributed by atoms with E-state index in [-0.39, 0.29) is 6.29 Å². The van der Waals surface area contributed by atoms with Crippen LogP contribution in [0.4, 0.5) is 5.69 Å². The number of hydrogen-bond donors (Lipinski definition) is 2. The number of aromatic nitrogens is 2. The normalized spacial score (nSPS) is 11.2. The largest absolute Gasteiger partial charge is 0.379 e. The zero-order valence-corrected chi connectivity index (χ0v) is 9.36. The number of methoxy groups -OCH3 is 2. The van der Waals surface area contributed by atoms with Crippen molar-refractivity contribution in [3.05, 3.63) is 24.4 Å². The first kappa shape index (κ1) is 10.9. The van der Waals surface area contributed by atoms with Crippen LogP contribution in [0.15, 0.2) is 24.4 Å². The van der Waals surface area contributed by atoms with Crippen LogP contribution in [0.25, 0.3) is 10.9 Å². The van der Waals surface area contributed by atoms with Gasteiger partial charge in [-0.15, -0.1) is 0 Å². The Kier molecular flexibility index (Phi) is 3.38. The predicted molar refractivity (Wildman–Crippen MR) is 62.4 cm³/mol. The lowest BCUT2D eigenvalue weighted by atomic mass is 10.2. The molecule has 5 nitrogen and oxygen atoms in total. The second kappa shape index (κ2) is 4.96. The fourth-order valence-electron chi connectivity index (χ4n) is 1.58. The minimum absolute atomic E-state index is 0.248. The number of aromatic amines is 1. The van der Waals surface area contributed by atoms with Gasteiger partial charge in [0, 0.05) is 25.3 Å². The van der Waals surface area contributed by atoms with Crippen LogP contribution in [0.3, 0.4) is 0 Å². The van der Waals surface area contributed by atoms with E-state index >= 15 is 0 Å². The van der Waals surface area contributed by atoms with Gasteiger partial charge in [-0.1, -0.05) is 6.07 Å². The molecule has 0 bridgehead atoms. The SMILES string of the molecule is COC(CNc1cccc2[nH]ncc12)OC. The van der Waals surface area contributed by atoms with Gasteiger partial charge in [-0.05, 0) is 12.1 Å². The first-order chi connectivity index (χ1) is 7.85. The Hall–Kier alpha value is -1.59. The van der Waals surface area contributed by atoms with E-state index in [0.717, 1.165) is 16.6 Å². The number of ether oxygens (including phenoxy) is 2. The van der Waals surface area contributed by atoms with Crippen molar-refractivity contribution >= 4 is 16.6 Å². The Labute approximate surface area is 93.7 Å². The maximum atomic E-state index is 5.11. The Balaban J connectivity index is 2.11. The minimum Gasteiger partial charge on any atom is -0.379 e. The summed E-state index contributed by atoms with van der Waals surface area (Å²) in [5, 5.41) is 11.3. The first-order valence-corrected chi connectivity index (χ1v) is 5.06. The standard InChI is InChI=1S/C11H15N3O2/c1-15-11(16-2)7-12-9-4-3-5-10-8(9)6-13-14-10/h3-6,11-12H,7H2,1-2H3,(H,13,14). The van der Waals surface area contributed by atoms with Crippen LogP contribution < -0.4 is 5.32 Å². The molecule has 0 saturated carbocycles. The van der Waals surface area contributed by atoms with E-state index in [2.05, 4.69) is 15.5 Å². The van der Waals surface area contributed by atoms with Gasteiger partial charge in [-0.25, -0.2) is 0 Å². The summed E-state index contributed by atoms with van der Waals surface area (Å²) >= 11 is 0. The lowest BCUT2D eigenvalue weighted by Crippen LogP contribution is -2.23. The molecule has 86 valence electrons. The van der Waals surface area contributed by atoms with Crippen LogP contribution in [0.2, 0.25) is 0 Å². The maximum absolute atomic E-state index is 5.11. The van der Waals surface area contributed by atoms with Gasteiger partial charge in [0.2, 0.25) is 0 Å². The van der Waals surface area contributed by atoms with E-state index in [1.54, 1.807) is 20.4 Å². The van der Waals surface area contributed by atoms with Crippen LogP contribution in [-0.2, 0) is 9.47 Å². The monoisotopic (exact) mass is 221 g/mol. The summed E-state index contributed by atoms with van der Waals surface area (Å²) in [7, 11) is 3.24. The molecule has 5 heteroatoms. The zero-order valence-electron chi connectivity index (χ0n) is 9.36. The third-order valence-corrected chi connectivity index (χ3v) is 2.47. The predicted octanol–water partition coefficient (Wildman–Crippen LogP) is 1.59. The lowest BCUT2D eigenvalue weighted by molar-refractivity contribution is -0.0913. The average molecular weight is 221 g/mol. The van der Waals surface area contributed by atoms with Crippen LogP contribution in [-0.4, -0.2) is 37.3 Å². The average Bonchev–Trinajstić information content (AvgIpc) is 2.79. The van der Waals surface area contributed by atoms with E-state index in [4.69, 9.17) is 9.47 Å². The molecule has 0 amide bonds. The third kappa shape index (κ3) is 2.15. The zero-order chi connectivity index (χ0) is 11.4. The molecule has 0 radical (unpaired) electrons. The third-order valence-electron chi connectivity index (χ3n) is 2.47. The van der Waals surface area contributed by atoms with Gasteiger partial charge >= 0.3 is 0 Å². The van der Waals surface area contributed by atoms with Crippen molar-refractivity contribution in [3.8, 4) is 0 Å². The van der Waals surface area contributed by atoms with Crippen LogP contribution in [0.5, 0.6) is 0 Å². The molecule has 1 heterocycles. The molecule has 2 rings (SSSR count). The fourth-order valence-corrected chi connectivity index (χ4v) is 1.58. The number of fused-ring (bicyclic) bond motifs is 1. The molecule has 0 unspecified atom stereocenters. The van der Waals surface area contributed by atoms with Crippen LogP contribution in [0, 0.1) is 0 Å². The number of anilines is 1. The highest BCUT2D eigenvalue weighted by atomic mass is 16.7. The number of hydrogen-bond acceptors (Lipinski definition) is 4. The second-order valence-electron chi connectivity index (χ2n) is 3.42. The number of rotatable bonds is 5. The molecule has 1 aromatic carbocycles. The number of nitrogens with zero attached hydrogens (tertiary/aromatic N) is 1. The highest BCUT2D eigenvalue weighted by Gasteiger charge is 2.06. The number of nitrogens with one attached hydrogen (secondary N) is 2. The number of H-pyrrole nitrogens is 1. The molecule has 0 aliphatic heterocycles. The molecule has 0 aliphatic rings. The molecule has 0 fully saturated rings.